The summed E-state index contributed by atoms with van der Waals surface area (Å²) >= 11 is 0. The Morgan fingerprint density at radius 3 is 2.62 bits per heavy atom. The fourth-order valence-corrected chi connectivity index (χ4v) is 3.84. The van der Waals surface area contributed by atoms with Gasteiger partial charge in [-0.3, -0.25) is 4.79 Å². The number of pyridine rings is 1. The van der Waals surface area contributed by atoms with Gasteiger partial charge in [0.1, 0.15) is 18.0 Å². The van der Waals surface area contributed by atoms with Gasteiger partial charge in [-0.2, -0.15) is 0 Å². The number of carbonyl (C=O) groups is 1. The number of nitrogens with zero attached hydrogens (tertiary/aromatic N) is 4. The number of para-hydroxylation sites is 1. The van der Waals surface area contributed by atoms with Gasteiger partial charge in [0.2, 0.25) is 0 Å². The molecule has 2 aromatic carbocycles. The third-order valence-electron chi connectivity index (χ3n) is 5.64. The average Bonchev–Trinajstić information content (AvgIpc) is 3.53. The molecular formula is C27H25N5O2. The molecule has 1 amide bonds. The largest absolute Gasteiger partial charge is 0.486 e. The fourth-order valence-electron chi connectivity index (χ4n) is 3.84. The normalized spacial score (nSPS) is 11.0. The molecule has 3 aromatic heterocycles. The standard InChI is InChI=1S/C27H25N5O2/c1-20-5-4-13-32-17-23(30-26(20)32)18-34-25-7-3-2-6-24(25)27(33)29-15-21-8-10-22(11-9-21)16-31-14-12-28-19-31/h2-14,17,19H,15-16,18H2,1H3,(H,29,33). The van der Waals surface area contributed by atoms with E-state index in [4.69, 9.17) is 4.74 Å². The third kappa shape index (κ3) is 4.83. The van der Waals surface area contributed by atoms with Crippen LogP contribution in [0.15, 0.2) is 91.8 Å². The lowest BCUT2D eigenvalue weighted by molar-refractivity contribution is 0.0946. The zero-order valence-electron chi connectivity index (χ0n) is 18.9. The van der Waals surface area contributed by atoms with Crippen molar-refractivity contribution in [3.63, 3.8) is 0 Å². The van der Waals surface area contributed by atoms with Crippen molar-refractivity contribution >= 4 is 11.6 Å². The minimum absolute atomic E-state index is 0.177. The molecule has 0 aliphatic carbocycles. The number of amides is 1. The predicted octanol–water partition coefficient (Wildman–Crippen LogP) is 4.40. The van der Waals surface area contributed by atoms with Crippen molar-refractivity contribution in [2.45, 2.75) is 26.6 Å². The Kier molecular flexibility index (Phi) is 6.07. The number of aromatic nitrogens is 4. The second-order valence-corrected chi connectivity index (χ2v) is 8.17. The Bertz CT molecular complexity index is 1410. The molecule has 0 radical (unpaired) electrons. The minimum atomic E-state index is -0.177. The van der Waals surface area contributed by atoms with Crippen molar-refractivity contribution in [2.75, 3.05) is 0 Å². The van der Waals surface area contributed by atoms with E-state index in [0.29, 0.717) is 17.9 Å². The number of nitrogens with one attached hydrogen (secondary N) is 1. The summed E-state index contributed by atoms with van der Waals surface area (Å²) in [4.78, 5) is 21.6. The molecule has 7 nitrogen and oxygen atoms in total. The molecule has 0 bridgehead atoms. The Balaban J connectivity index is 1.21. The molecule has 0 spiro atoms. The Labute approximate surface area is 197 Å². The molecule has 3 heterocycles. The van der Waals surface area contributed by atoms with Crippen molar-refractivity contribution in [1.29, 1.82) is 0 Å². The maximum absolute atomic E-state index is 12.9. The molecule has 0 saturated heterocycles. The van der Waals surface area contributed by atoms with Gasteiger partial charge in [0.15, 0.2) is 0 Å². The zero-order valence-corrected chi connectivity index (χ0v) is 18.9. The van der Waals surface area contributed by atoms with E-state index in [9.17, 15) is 4.79 Å². The number of hydrogen-bond acceptors (Lipinski definition) is 4. The van der Waals surface area contributed by atoms with E-state index < -0.39 is 0 Å². The summed E-state index contributed by atoms with van der Waals surface area (Å²) in [5, 5.41) is 2.99. The molecule has 0 unspecified atom stereocenters. The van der Waals surface area contributed by atoms with Crippen LogP contribution < -0.4 is 10.1 Å². The van der Waals surface area contributed by atoms with Gasteiger partial charge in [-0.25, -0.2) is 9.97 Å². The number of ether oxygens (including phenoxy) is 1. The van der Waals surface area contributed by atoms with Gasteiger partial charge in [-0.15, -0.1) is 0 Å². The van der Waals surface area contributed by atoms with Crippen LogP contribution in [0.25, 0.3) is 5.65 Å². The van der Waals surface area contributed by atoms with Crippen LogP contribution in [0.4, 0.5) is 0 Å². The number of benzene rings is 2. The SMILES string of the molecule is Cc1cccn2cc(COc3ccccc3C(=O)NCc3ccc(Cn4ccnc4)cc3)nc12. The highest BCUT2D eigenvalue weighted by molar-refractivity contribution is 5.96. The summed E-state index contributed by atoms with van der Waals surface area (Å²) in [6.45, 7) is 3.51. The molecule has 0 fully saturated rings. The van der Waals surface area contributed by atoms with E-state index in [1.54, 1.807) is 24.7 Å². The lowest BCUT2D eigenvalue weighted by atomic mass is 10.1. The maximum atomic E-state index is 12.9. The van der Waals surface area contributed by atoms with Crippen LogP contribution in [0.3, 0.4) is 0 Å². The Morgan fingerprint density at radius 1 is 1.00 bits per heavy atom. The second-order valence-electron chi connectivity index (χ2n) is 8.17. The van der Waals surface area contributed by atoms with Gasteiger partial charge in [-0.05, 0) is 41.8 Å². The summed E-state index contributed by atoms with van der Waals surface area (Å²) in [6.07, 6.45) is 9.41. The first kappa shape index (κ1) is 21.5. The van der Waals surface area contributed by atoms with Gasteiger partial charge in [-0.1, -0.05) is 42.5 Å². The zero-order chi connectivity index (χ0) is 23.3. The summed E-state index contributed by atoms with van der Waals surface area (Å²) in [6, 6.07) is 19.5. The molecular weight excluding hydrogens is 426 g/mol. The molecule has 5 rings (SSSR count). The summed E-state index contributed by atoms with van der Waals surface area (Å²) in [7, 11) is 0. The first-order valence-electron chi connectivity index (χ1n) is 11.1. The van der Waals surface area contributed by atoms with Crippen molar-refractivity contribution in [1.82, 2.24) is 24.3 Å². The van der Waals surface area contributed by atoms with E-state index in [1.807, 2.05) is 70.9 Å². The third-order valence-corrected chi connectivity index (χ3v) is 5.64. The van der Waals surface area contributed by atoms with Crippen LogP contribution in [0.2, 0.25) is 0 Å². The number of carbonyl (C=O) groups excluding carboxylic acids is 1. The summed E-state index contributed by atoms with van der Waals surface area (Å²) in [5.74, 6) is 0.355. The van der Waals surface area contributed by atoms with Crippen LogP contribution in [0, 0.1) is 6.92 Å². The Hall–Kier alpha value is -4.39. The van der Waals surface area contributed by atoms with Gasteiger partial charge >= 0.3 is 0 Å². The van der Waals surface area contributed by atoms with Crippen LogP contribution in [-0.2, 0) is 19.7 Å². The number of imidazole rings is 2. The molecule has 0 aliphatic heterocycles. The molecule has 170 valence electrons. The monoisotopic (exact) mass is 451 g/mol. The lowest BCUT2D eigenvalue weighted by Gasteiger charge is -2.11. The number of hydrogen-bond donors (Lipinski definition) is 1. The van der Waals surface area contributed by atoms with Crippen molar-refractivity contribution in [3.05, 3.63) is 120 Å². The molecule has 0 saturated carbocycles. The van der Waals surface area contributed by atoms with Crippen LogP contribution in [0.1, 0.15) is 32.7 Å². The van der Waals surface area contributed by atoms with Crippen LogP contribution >= 0.6 is 0 Å². The van der Waals surface area contributed by atoms with Crippen LogP contribution in [-0.4, -0.2) is 24.8 Å². The maximum Gasteiger partial charge on any atom is 0.255 e. The Morgan fingerprint density at radius 2 is 1.82 bits per heavy atom. The highest BCUT2D eigenvalue weighted by Gasteiger charge is 2.13. The van der Waals surface area contributed by atoms with Gasteiger partial charge in [0.25, 0.3) is 5.91 Å². The van der Waals surface area contributed by atoms with E-state index >= 15 is 0 Å². The number of rotatable bonds is 8. The van der Waals surface area contributed by atoms with Gasteiger partial charge in [0, 0.05) is 37.9 Å². The summed E-state index contributed by atoms with van der Waals surface area (Å²) < 4.78 is 9.98. The van der Waals surface area contributed by atoms with Crippen molar-refractivity contribution < 1.29 is 9.53 Å². The average molecular weight is 452 g/mol. The molecule has 7 heteroatoms. The fraction of sp³-hybridized carbons (Fsp3) is 0.148. The second kappa shape index (κ2) is 9.62. The van der Waals surface area contributed by atoms with Gasteiger partial charge in [0.05, 0.1) is 17.6 Å². The minimum Gasteiger partial charge on any atom is -0.486 e. The van der Waals surface area contributed by atoms with E-state index in [0.717, 1.165) is 29.0 Å². The van der Waals surface area contributed by atoms with Crippen LogP contribution in [0.5, 0.6) is 5.75 Å². The predicted molar refractivity (Wildman–Crippen MR) is 130 cm³/mol. The molecule has 0 aliphatic rings. The number of fused-ring (bicyclic) bond motifs is 1. The number of aryl methyl sites for hydroxylation is 1. The first-order valence-corrected chi connectivity index (χ1v) is 11.1. The van der Waals surface area contributed by atoms with E-state index in [1.165, 1.54) is 5.56 Å². The summed E-state index contributed by atoms with van der Waals surface area (Å²) in [5.41, 5.74) is 5.51. The smallest absolute Gasteiger partial charge is 0.255 e. The molecule has 0 atom stereocenters. The molecule has 34 heavy (non-hydrogen) atoms. The molecule has 5 aromatic rings. The highest BCUT2D eigenvalue weighted by atomic mass is 16.5. The van der Waals surface area contributed by atoms with Gasteiger partial charge < -0.3 is 19.0 Å². The first-order chi connectivity index (χ1) is 16.7. The highest BCUT2D eigenvalue weighted by Crippen LogP contribution is 2.20. The van der Waals surface area contributed by atoms with E-state index in [-0.39, 0.29) is 12.5 Å². The van der Waals surface area contributed by atoms with E-state index in [2.05, 4.69) is 27.4 Å². The lowest BCUT2D eigenvalue weighted by Crippen LogP contribution is -2.23. The van der Waals surface area contributed by atoms with Crippen molar-refractivity contribution in [2.24, 2.45) is 0 Å². The topological polar surface area (TPSA) is 73.5 Å². The molecule has 1 N–H and O–H groups in total. The quantitative estimate of drug-likeness (QED) is 0.380. The van der Waals surface area contributed by atoms with Crippen molar-refractivity contribution in [3.8, 4) is 5.75 Å².